The predicted molar refractivity (Wildman–Crippen MR) is 35.4 cm³/mol. The zero-order valence-corrected chi connectivity index (χ0v) is 5.53. The lowest BCUT2D eigenvalue weighted by Crippen LogP contribution is -2.10. The topological polar surface area (TPSA) is 23.8 Å². The average molecular weight is 125 g/mol. The number of nitriles is 1. The summed E-state index contributed by atoms with van der Waals surface area (Å²) in [6.07, 6.45) is 2.93. The van der Waals surface area contributed by atoms with Crippen LogP contribution >= 0.6 is 11.8 Å². The molecule has 1 rings (SSSR count). The minimum absolute atomic E-state index is 0.153. The van der Waals surface area contributed by atoms with Crippen molar-refractivity contribution in [1.29, 1.82) is 5.26 Å². The summed E-state index contributed by atoms with van der Waals surface area (Å²) in [6.45, 7) is 1.96. The highest BCUT2D eigenvalue weighted by Crippen LogP contribution is 2.34. The average Bonchev–Trinajstić information content (AvgIpc) is 2.17. The van der Waals surface area contributed by atoms with E-state index in [0.717, 1.165) is 6.42 Å². The molecule has 0 aliphatic carbocycles. The van der Waals surface area contributed by atoms with Crippen molar-refractivity contribution in [2.45, 2.75) is 18.1 Å². The molecule has 1 atom stereocenters. The summed E-state index contributed by atoms with van der Waals surface area (Å²) in [5.41, 5.74) is 0. The second kappa shape index (κ2) is 1.83. The molecule has 0 saturated heterocycles. The Morgan fingerprint density at radius 2 is 2.62 bits per heavy atom. The molecule has 8 heavy (non-hydrogen) atoms. The van der Waals surface area contributed by atoms with Gasteiger partial charge in [0, 0.05) is 0 Å². The summed E-state index contributed by atoms with van der Waals surface area (Å²) >= 11 is 1.60. The van der Waals surface area contributed by atoms with Crippen LogP contribution in [0.3, 0.4) is 0 Å². The van der Waals surface area contributed by atoms with Gasteiger partial charge in [0.15, 0.2) is 0 Å². The summed E-state index contributed by atoms with van der Waals surface area (Å²) in [7, 11) is 0. The van der Waals surface area contributed by atoms with Crippen LogP contribution in [0.4, 0.5) is 0 Å². The smallest absolute Gasteiger partial charge is 0.107 e. The van der Waals surface area contributed by atoms with E-state index in [9.17, 15) is 0 Å². The third-order valence-corrected chi connectivity index (χ3v) is 2.27. The second-order valence-corrected chi connectivity index (χ2v) is 3.45. The van der Waals surface area contributed by atoms with Crippen LogP contribution in [-0.4, -0.2) is 4.75 Å². The molecule has 0 fully saturated rings. The fourth-order valence-corrected chi connectivity index (χ4v) is 1.33. The summed E-state index contributed by atoms with van der Waals surface area (Å²) in [5.74, 6) is 0. The van der Waals surface area contributed by atoms with Crippen molar-refractivity contribution in [2.24, 2.45) is 0 Å². The summed E-state index contributed by atoms with van der Waals surface area (Å²) in [6, 6.07) is 2.24. The van der Waals surface area contributed by atoms with E-state index < -0.39 is 0 Å². The van der Waals surface area contributed by atoms with Crippen molar-refractivity contribution < 1.29 is 0 Å². The Morgan fingerprint density at radius 3 is 2.88 bits per heavy atom. The molecule has 1 unspecified atom stereocenters. The van der Waals surface area contributed by atoms with Crippen LogP contribution in [0, 0.1) is 11.3 Å². The van der Waals surface area contributed by atoms with Crippen LogP contribution in [0.1, 0.15) is 13.3 Å². The molecule has 0 amide bonds. The van der Waals surface area contributed by atoms with Gasteiger partial charge >= 0.3 is 0 Å². The van der Waals surface area contributed by atoms with Gasteiger partial charge in [-0.3, -0.25) is 0 Å². The maximum absolute atomic E-state index is 8.51. The van der Waals surface area contributed by atoms with Crippen molar-refractivity contribution in [3.05, 3.63) is 11.5 Å². The van der Waals surface area contributed by atoms with Gasteiger partial charge in [-0.25, -0.2) is 0 Å². The summed E-state index contributed by atoms with van der Waals surface area (Å²) in [4.78, 5) is 0. The first-order chi connectivity index (χ1) is 3.77. The first-order valence-corrected chi connectivity index (χ1v) is 3.39. The van der Waals surface area contributed by atoms with E-state index >= 15 is 0 Å². The number of rotatable bonds is 0. The van der Waals surface area contributed by atoms with Crippen molar-refractivity contribution >= 4 is 11.8 Å². The number of hydrogen-bond acceptors (Lipinski definition) is 2. The monoisotopic (exact) mass is 125 g/mol. The third-order valence-electron chi connectivity index (χ3n) is 1.17. The van der Waals surface area contributed by atoms with Gasteiger partial charge in [0.25, 0.3) is 0 Å². The quantitative estimate of drug-likeness (QED) is 0.494. The number of hydrogen-bond donors (Lipinski definition) is 0. The summed E-state index contributed by atoms with van der Waals surface area (Å²) < 4.78 is -0.153. The maximum atomic E-state index is 8.51. The molecule has 1 aliphatic rings. The first kappa shape index (κ1) is 5.71. The Labute approximate surface area is 53.4 Å². The van der Waals surface area contributed by atoms with Crippen LogP contribution in [0.5, 0.6) is 0 Å². The van der Waals surface area contributed by atoms with E-state index in [-0.39, 0.29) is 4.75 Å². The second-order valence-electron chi connectivity index (χ2n) is 2.04. The van der Waals surface area contributed by atoms with Gasteiger partial charge in [-0.1, -0.05) is 6.08 Å². The molecular formula is C6H7NS. The molecule has 0 bridgehead atoms. The van der Waals surface area contributed by atoms with Crippen molar-refractivity contribution in [2.75, 3.05) is 0 Å². The molecular weight excluding hydrogens is 118 g/mol. The predicted octanol–water partition coefficient (Wildman–Crippen LogP) is 1.92. The van der Waals surface area contributed by atoms with Gasteiger partial charge in [-0.05, 0) is 18.8 Å². The highest BCUT2D eigenvalue weighted by atomic mass is 32.2. The Kier molecular flexibility index (Phi) is 1.31. The fraction of sp³-hybridized carbons (Fsp3) is 0.500. The maximum Gasteiger partial charge on any atom is 0.107 e. The summed E-state index contributed by atoms with van der Waals surface area (Å²) in [5, 5.41) is 10.5. The standard InChI is InChI=1S/C6H7NS/c1-6(5-7)3-2-4-8-6/h2,4H,3H2,1H3. The van der Waals surface area contributed by atoms with Gasteiger partial charge in [-0.2, -0.15) is 5.26 Å². The van der Waals surface area contributed by atoms with Crippen LogP contribution in [0.2, 0.25) is 0 Å². The van der Waals surface area contributed by atoms with Crippen molar-refractivity contribution in [3.8, 4) is 6.07 Å². The lowest BCUT2D eigenvalue weighted by Gasteiger charge is -2.09. The van der Waals surface area contributed by atoms with E-state index in [1.54, 1.807) is 11.8 Å². The number of nitrogens with zero attached hydrogens (tertiary/aromatic N) is 1. The van der Waals surface area contributed by atoms with Crippen molar-refractivity contribution in [1.82, 2.24) is 0 Å². The zero-order chi connectivity index (χ0) is 6.04. The SMILES string of the molecule is CC1(C#N)CC=CS1. The van der Waals surface area contributed by atoms with E-state index in [1.807, 2.05) is 18.4 Å². The highest BCUT2D eigenvalue weighted by Gasteiger charge is 2.24. The highest BCUT2D eigenvalue weighted by molar-refractivity contribution is 8.03. The van der Waals surface area contributed by atoms with Crippen LogP contribution in [0.25, 0.3) is 0 Å². The molecule has 0 radical (unpaired) electrons. The van der Waals surface area contributed by atoms with Gasteiger partial charge in [-0.15, -0.1) is 11.8 Å². The minimum atomic E-state index is -0.153. The molecule has 0 saturated carbocycles. The fourth-order valence-electron chi connectivity index (χ4n) is 0.591. The normalized spacial score (nSPS) is 35.0. The minimum Gasteiger partial charge on any atom is -0.197 e. The van der Waals surface area contributed by atoms with E-state index in [4.69, 9.17) is 5.26 Å². The van der Waals surface area contributed by atoms with Gasteiger partial charge < -0.3 is 0 Å². The number of allylic oxidation sites excluding steroid dienone is 1. The first-order valence-electron chi connectivity index (χ1n) is 2.51. The molecule has 0 aromatic heterocycles. The molecule has 0 N–H and O–H groups in total. The molecule has 1 heterocycles. The number of thioether (sulfide) groups is 1. The Balaban J connectivity index is 2.63. The van der Waals surface area contributed by atoms with Crippen LogP contribution in [0.15, 0.2) is 11.5 Å². The van der Waals surface area contributed by atoms with E-state index in [1.165, 1.54) is 0 Å². The molecule has 1 nitrogen and oxygen atoms in total. The molecule has 0 spiro atoms. The van der Waals surface area contributed by atoms with Crippen LogP contribution in [-0.2, 0) is 0 Å². The lowest BCUT2D eigenvalue weighted by atomic mass is 10.1. The van der Waals surface area contributed by atoms with E-state index in [0.29, 0.717) is 0 Å². The lowest BCUT2D eigenvalue weighted by molar-refractivity contribution is 0.837. The van der Waals surface area contributed by atoms with Crippen molar-refractivity contribution in [3.63, 3.8) is 0 Å². The molecule has 1 aliphatic heterocycles. The molecule has 0 aromatic rings. The van der Waals surface area contributed by atoms with Crippen LogP contribution < -0.4 is 0 Å². The molecule has 42 valence electrons. The zero-order valence-electron chi connectivity index (χ0n) is 4.72. The molecule has 2 heteroatoms. The largest absolute Gasteiger partial charge is 0.197 e. The van der Waals surface area contributed by atoms with Gasteiger partial charge in [0.1, 0.15) is 4.75 Å². The Hall–Kier alpha value is -0.420. The van der Waals surface area contributed by atoms with Gasteiger partial charge in [0.05, 0.1) is 6.07 Å². The Bertz CT molecular complexity index is 146. The Morgan fingerprint density at radius 1 is 1.88 bits per heavy atom. The van der Waals surface area contributed by atoms with E-state index in [2.05, 4.69) is 6.07 Å². The molecule has 0 aromatic carbocycles. The third kappa shape index (κ3) is 0.873. The van der Waals surface area contributed by atoms with Gasteiger partial charge in [0.2, 0.25) is 0 Å².